The van der Waals surface area contributed by atoms with Gasteiger partial charge in [-0.2, -0.15) is 0 Å². The fraction of sp³-hybridized carbons (Fsp3) is 0.500. The van der Waals surface area contributed by atoms with Crippen LogP contribution in [0.4, 0.5) is 15.8 Å². The van der Waals surface area contributed by atoms with Crippen molar-refractivity contribution in [1.82, 2.24) is 4.90 Å². The van der Waals surface area contributed by atoms with Gasteiger partial charge in [0, 0.05) is 31.1 Å². The van der Waals surface area contributed by atoms with Crippen LogP contribution in [-0.2, 0) is 19.1 Å². The molecule has 3 rings (SSSR count). The molecular formula is C18H20FN3O6. The number of benzene rings is 1. The SMILES string of the molecule is O=C(COC(=O)[C@@H]1CC(=O)N(C2CCCC2)C1)Nc1cc([N+](=O)[O-])ccc1F. The standard InChI is InChI=1S/C18H20FN3O6/c19-14-6-5-13(22(26)27)8-15(14)20-16(23)10-28-18(25)11-7-17(24)21(9-11)12-3-1-2-4-12/h5-6,8,11-12H,1-4,7,9-10H2,(H,20,23)/t11-/m1/s1. The first-order valence-electron chi connectivity index (χ1n) is 9.05. The highest BCUT2D eigenvalue weighted by atomic mass is 19.1. The molecule has 9 nitrogen and oxygen atoms in total. The fourth-order valence-corrected chi connectivity index (χ4v) is 3.62. The predicted molar refractivity (Wildman–Crippen MR) is 94.7 cm³/mol. The molecule has 1 aliphatic heterocycles. The molecule has 1 aliphatic carbocycles. The third-order valence-electron chi connectivity index (χ3n) is 5.04. The van der Waals surface area contributed by atoms with Crippen LogP contribution in [0.25, 0.3) is 0 Å². The molecule has 10 heteroatoms. The van der Waals surface area contributed by atoms with Gasteiger partial charge < -0.3 is 15.0 Å². The number of likely N-dealkylation sites (tertiary alicyclic amines) is 1. The molecule has 1 saturated carbocycles. The van der Waals surface area contributed by atoms with Gasteiger partial charge in [-0.05, 0) is 18.9 Å². The number of nitrogens with zero attached hydrogens (tertiary/aromatic N) is 2. The number of carbonyl (C=O) groups excluding carboxylic acids is 3. The summed E-state index contributed by atoms with van der Waals surface area (Å²) in [5.41, 5.74) is -0.760. The molecular weight excluding hydrogens is 373 g/mol. The summed E-state index contributed by atoms with van der Waals surface area (Å²) >= 11 is 0. The van der Waals surface area contributed by atoms with E-state index in [9.17, 15) is 28.9 Å². The molecule has 1 atom stereocenters. The minimum Gasteiger partial charge on any atom is -0.455 e. The normalized spacial score (nSPS) is 19.7. The van der Waals surface area contributed by atoms with Gasteiger partial charge in [0.15, 0.2) is 6.61 Å². The minimum atomic E-state index is -0.848. The zero-order valence-electron chi connectivity index (χ0n) is 15.1. The zero-order valence-corrected chi connectivity index (χ0v) is 15.1. The van der Waals surface area contributed by atoms with Crippen molar-refractivity contribution in [1.29, 1.82) is 0 Å². The Morgan fingerprint density at radius 2 is 2.04 bits per heavy atom. The lowest BCUT2D eigenvalue weighted by atomic mass is 10.1. The maximum absolute atomic E-state index is 13.7. The molecule has 1 aromatic carbocycles. The summed E-state index contributed by atoms with van der Waals surface area (Å²) in [5, 5.41) is 12.9. The number of anilines is 1. The maximum Gasteiger partial charge on any atom is 0.311 e. The highest BCUT2D eigenvalue weighted by molar-refractivity contribution is 5.94. The van der Waals surface area contributed by atoms with Crippen LogP contribution in [0.15, 0.2) is 18.2 Å². The number of hydrogen-bond donors (Lipinski definition) is 1. The molecule has 0 unspecified atom stereocenters. The quantitative estimate of drug-likeness (QED) is 0.449. The molecule has 150 valence electrons. The number of halogens is 1. The average Bonchev–Trinajstić information content (AvgIpc) is 3.30. The summed E-state index contributed by atoms with van der Waals surface area (Å²) in [6, 6.07) is 2.88. The molecule has 2 aliphatic rings. The highest BCUT2D eigenvalue weighted by Crippen LogP contribution is 2.30. The van der Waals surface area contributed by atoms with Crippen LogP contribution in [0.5, 0.6) is 0 Å². The van der Waals surface area contributed by atoms with Gasteiger partial charge in [-0.1, -0.05) is 12.8 Å². The number of hydrogen-bond acceptors (Lipinski definition) is 6. The van der Waals surface area contributed by atoms with E-state index in [2.05, 4.69) is 5.32 Å². The largest absolute Gasteiger partial charge is 0.455 e. The highest BCUT2D eigenvalue weighted by Gasteiger charge is 2.39. The maximum atomic E-state index is 13.7. The molecule has 0 radical (unpaired) electrons. The molecule has 1 N–H and O–H groups in total. The monoisotopic (exact) mass is 393 g/mol. The number of esters is 1. The van der Waals surface area contributed by atoms with Gasteiger partial charge in [-0.15, -0.1) is 0 Å². The summed E-state index contributed by atoms with van der Waals surface area (Å²) in [7, 11) is 0. The van der Waals surface area contributed by atoms with E-state index >= 15 is 0 Å². The first-order chi connectivity index (χ1) is 13.3. The molecule has 2 amide bonds. The summed E-state index contributed by atoms with van der Waals surface area (Å²) in [6.07, 6.45) is 4.06. The zero-order chi connectivity index (χ0) is 20.3. The first kappa shape index (κ1) is 19.7. The number of carbonyl (C=O) groups is 3. The Morgan fingerprint density at radius 3 is 2.71 bits per heavy atom. The average molecular weight is 393 g/mol. The molecule has 0 spiro atoms. The lowest BCUT2D eigenvalue weighted by molar-refractivity contribution is -0.384. The molecule has 0 aromatic heterocycles. The van der Waals surface area contributed by atoms with E-state index in [-0.39, 0.29) is 36.3 Å². The van der Waals surface area contributed by atoms with E-state index in [0.29, 0.717) is 0 Å². The molecule has 0 bridgehead atoms. The van der Waals surface area contributed by atoms with Crippen molar-refractivity contribution in [2.24, 2.45) is 5.92 Å². The summed E-state index contributed by atoms with van der Waals surface area (Å²) in [6.45, 7) is -0.390. The summed E-state index contributed by atoms with van der Waals surface area (Å²) in [5.74, 6) is -3.06. The minimum absolute atomic E-state index is 0.0520. The van der Waals surface area contributed by atoms with E-state index in [1.165, 1.54) is 0 Å². The van der Waals surface area contributed by atoms with Crippen LogP contribution in [0.1, 0.15) is 32.1 Å². The van der Waals surface area contributed by atoms with Gasteiger partial charge in [0.25, 0.3) is 11.6 Å². The third kappa shape index (κ3) is 4.44. The second kappa shape index (κ2) is 8.32. The second-order valence-electron chi connectivity index (χ2n) is 6.96. The number of amides is 2. The smallest absolute Gasteiger partial charge is 0.311 e. The van der Waals surface area contributed by atoms with Crippen molar-refractivity contribution in [3.8, 4) is 0 Å². The Balaban J connectivity index is 1.51. The Bertz CT molecular complexity index is 809. The molecule has 28 heavy (non-hydrogen) atoms. The Kier molecular flexibility index (Phi) is 5.86. The van der Waals surface area contributed by atoms with Gasteiger partial charge in [-0.25, -0.2) is 4.39 Å². The Labute approximate surface area is 160 Å². The van der Waals surface area contributed by atoms with Gasteiger partial charge in [0.1, 0.15) is 5.82 Å². The lowest BCUT2D eigenvalue weighted by Gasteiger charge is -2.23. The van der Waals surface area contributed by atoms with E-state index in [1.54, 1.807) is 4.90 Å². The molecule has 1 saturated heterocycles. The Morgan fingerprint density at radius 1 is 1.32 bits per heavy atom. The topological polar surface area (TPSA) is 119 Å². The number of non-ortho nitro benzene ring substituents is 1. The van der Waals surface area contributed by atoms with E-state index in [4.69, 9.17) is 4.74 Å². The van der Waals surface area contributed by atoms with Crippen LogP contribution < -0.4 is 5.32 Å². The summed E-state index contributed by atoms with van der Waals surface area (Å²) in [4.78, 5) is 47.9. The molecule has 2 fully saturated rings. The first-order valence-corrected chi connectivity index (χ1v) is 9.05. The van der Waals surface area contributed by atoms with Crippen molar-refractivity contribution in [3.05, 3.63) is 34.1 Å². The van der Waals surface area contributed by atoms with Gasteiger partial charge >= 0.3 is 5.97 Å². The van der Waals surface area contributed by atoms with Crippen LogP contribution >= 0.6 is 0 Å². The van der Waals surface area contributed by atoms with Gasteiger partial charge in [0.05, 0.1) is 16.5 Å². The number of nitro benzene ring substituents is 1. The van der Waals surface area contributed by atoms with Gasteiger partial charge in [0.2, 0.25) is 5.91 Å². The molecule has 1 heterocycles. The number of ether oxygens (including phenoxy) is 1. The molecule has 1 aromatic rings. The number of nitro groups is 1. The van der Waals surface area contributed by atoms with Crippen molar-refractivity contribution >= 4 is 29.2 Å². The number of rotatable bonds is 6. The van der Waals surface area contributed by atoms with E-state index in [1.807, 2.05) is 0 Å². The van der Waals surface area contributed by atoms with E-state index < -0.39 is 35.1 Å². The van der Waals surface area contributed by atoms with Gasteiger partial charge in [-0.3, -0.25) is 24.5 Å². The van der Waals surface area contributed by atoms with Crippen molar-refractivity contribution < 1.29 is 28.4 Å². The van der Waals surface area contributed by atoms with E-state index in [0.717, 1.165) is 43.9 Å². The van der Waals surface area contributed by atoms with Crippen LogP contribution in [0.2, 0.25) is 0 Å². The Hall–Kier alpha value is -3.04. The summed E-state index contributed by atoms with van der Waals surface area (Å²) < 4.78 is 18.6. The van der Waals surface area contributed by atoms with Crippen molar-refractivity contribution in [2.75, 3.05) is 18.5 Å². The number of nitrogens with one attached hydrogen (secondary N) is 1. The third-order valence-corrected chi connectivity index (χ3v) is 5.04. The van der Waals surface area contributed by atoms with Crippen molar-refractivity contribution in [2.45, 2.75) is 38.1 Å². The lowest BCUT2D eigenvalue weighted by Crippen LogP contribution is -2.35. The van der Waals surface area contributed by atoms with Crippen molar-refractivity contribution in [3.63, 3.8) is 0 Å². The van der Waals surface area contributed by atoms with Crippen LogP contribution in [0, 0.1) is 21.8 Å². The second-order valence-corrected chi connectivity index (χ2v) is 6.96. The fourth-order valence-electron chi connectivity index (χ4n) is 3.62. The van der Waals surface area contributed by atoms with Crippen LogP contribution in [-0.4, -0.2) is 46.8 Å². The predicted octanol–water partition coefficient (Wildman–Crippen LogP) is 2.01. The van der Waals surface area contributed by atoms with Crippen LogP contribution in [0.3, 0.4) is 0 Å².